The Kier molecular flexibility index (Phi) is 18.8. The van der Waals surface area contributed by atoms with Crippen LogP contribution in [0.25, 0.3) is 0 Å². The number of benzene rings is 2. The third-order valence-corrected chi connectivity index (χ3v) is 9.00. The van der Waals surface area contributed by atoms with Crippen molar-refractivity contribution in [3.8, 4) is 23.7 Å². The van der Waals surface area contributed by atoms with Gasteiger partial charge in [0.1, 0.15) is 13.2 Å². The second kappa shape index (κ2) is 22.2. The average molecular weight is 645 g/mol. The second-order valence-corrected chi connectivity index (χ2v) is 11.8. The molecule has 2 saturated carbocycles. The number of esters is 1. The average Bonchev–Trinajstić information content (AvgIpc) is 3.13. The Bertz CT molecular complexity index is 1290. The Morgan fingerprint density at radius 1 is 0.723 bits per heavy atom. The molecule has 1 N–H and O–H groups in total. The summed E-state index contributed by atoms with van der Waals surface area (Å²) in [6, 6.07) is 19.1. The molecule has 0 saturated heterocycles. The zero-order valence-corrected chi connectivity index (χ0v) is 29.3. The van der Waals surface area contributed by atoms with Gasteiger partial charge in [-0.2, -0.15) is 0 Å². The fourth-order valence-electron chi connectivity index (χ4n) is 6.73. The summed E-state index contributed by atoms with van der Waals surface area (Å²) in [6.07, 6.45) is 11.5. The molecule has 6 heteroatoms. The minimum absolute atomic E-state index is 0.0648. The molecule has 0 bridgehead atoms. The molecule has 2 aliphatic rings. The van der Waals surface area contributed by atoms with Gasteiger partial charge in [-0.3, -0.25) is 4.79 Å². The van der Waals surface area contributed by atoms with Crippen molar-refractivity contribution in [1.82, 2.24) is 0 Å². The lowest BCUT2D eigenvalue weighted by Crippen LogP contribution is -2.45. The molecule has 2 atom stereocenters. The molecule has 4 rings (SSSR count). The van der Waals surface area contributed by atoms with Crippen LogP contribution in [0.3, 0.4) is 0 Å². The lowest BCUT2D eigenvalue weighted by Gasteiger charge is -2.40. The number of Topliss-reactive ketones (excluding diaryl/α,β-unsaturated/α-hetero) is 1. The molecule has 0 aromatic heterocycles. The van der Waals surface area contributed by atoms with Gasteiger partial charge in [-0.05, 0) is 49.7 Å². The molecule has 0 radical (unpaired) electrons. The van der Waals surface area contributed by atoms with Crippen LogP contribution < -0.4 is 0 Å². The Labute approximate surface area is 284 Å². The van der Waals surface area contributed by atoms with E-state index in [0.717, 1.165) is 56.9 Å². The summed E-state index contributed by atoms with van der Waals surface area (Å²) < 4.78 is 16.3. The van der Waals surface area contributed by atoms with E-state index >= 15 is 0 Å². The van der Waals surface area contributed by atoms with Crippen molar-refractivity contribution in [3.63, 3.8) is 0 Å². The van der Waals surface area contributed by atoms with Crippen LogP contribution >= 0.6 is 0 Å². The normalized spacial score (nSPS) is 17.2. The molecule has 2 aliphatic carbocycles. The van der Waals surface area contributed by atoms with Crippen molar-refractivity contribution >= 4 is 11.8 Å². The number of hydrogen-bond donors (Lipinski definition) is 1. The number of carbonyl (C=O) groups is 2. The van der Waals surface area contributed by atoms with Crippen LogP contribution in [-0.2, 0) is 35.0 Å². The molecule has 0 heterocycles. The number of carbonyl (C=O) groups excluding carboxylic acids is 2. The fraction of sp³-hybridized carbons (Fsp3) is 0.561. The van der Waals surface area contributed by atoms with Gasteiger partial charge in [0.15, 0.2) is 23.6 Å². The number of hydrogen-bond acceptors (Lipinski definition) is 6. The molecule has 2 fully saturated rings. The number of rotatable bonds is 10. The van der Waals surface area contributed by atoms with E-state index in [1.165, 1.54) is 19.3 Å². The first-order chi connectivity index (χ1) is 22.9. The number of aliphatic hydroxyl groups is 1. The van der Waals surface area contributed by atoms with Gasteiger partial charge in [0.25, 0.3) is 0 Å². The Morgan fingerprint density at radius 3 is 1.68 bits per heavy atom. The zero-order chi connectivity index (χ0) is 34.4. The van der Waals surface area contributed by atoms with Crippen LogP contribution in [0.5, 0.6) is 0 Å². The molecular weight excluding hydrogens is 588 g/mol. The van der Waals surface area contributed by atoms with Crippen molar-refractivity contribution in [3.05, 3.63) is 71.8 Å². The Balaban J connectivity index is 0.000000332. The fourth-order valence-corrected chi connectivity index (χ4v) is 6.73. The third kappa shape index (κ3) is 11.4. The van der Waals surface area contributed by atoms with E-state index in [9.17, 15) is 14.7 Å². The third-order valence-electron chi connectivity index (χ3n) is 9.00. The van der Waals surface area contributed by atoms with E-state index in [4.69, 9.17) is 14.2 Å². The van der Waals surface area contributed by atoms with Crippen LogP contribution in [0.4, 0.5) is 0 Å². The molecule has 0 spiro atoms. The van der Waals surface area contributed by atoms with Gasteiger partial charge in [-0.15, -0.1) is 5.92 Å². The standard InChI is InChI=1S/C23H28O4.C16H22O2.C2H6/c1-2-3-10-17-26-18-11-12-19-27-22(24)23(25,20-13-6-4-7-14-20)21-15-8-5-9-16-21;1-13(17)16(18-2,14-9-5-3-6-10-14)15-11-7-4-8-12-15;1-2/h4,6-7,13-14,21,25H,2,5,8-9,15-19H2,1H3;3,5-6,9-10,15H,4,7-8,11-12H2,1-2H3;1-2H3. The lowest BCUT2D eigenvalue weighted by molar-refractivity contribution is -0.174. The highest BCUT2D eigenvalue weighted by atomic mass is 16.5. The predicted molar refractivity (Wildman–Crippen MR) is 188 cm³/mol. The number of ketones is 1. The van der Waals surface area contributed by atoms with Crippen LogP contribution in [0, 0.1) is 35.5 Å². The quantitative estimate of drug-likeness (QED) is 0.160. The van der Waals surface area contributed by atoms with Gasteiger partial charge < -0.3 is 19.3 Å². The van der Waals surface area contributed by atoms with Crippen LogP contribution in [0.2, 0.25) is 0 Å². The maximum atomic E-state index is 12.8. The lowest BCUT2D eigenvalue weighted by atomic mass is 9.71. The van der Waals surface area contributed by atoms with Crippen molar-refractivity contribution in [1.29, 1.82) is 0 Å². The summed E-state index contributed by atoms with van der Waals surface area (Å²) >= 11 is 0. The van der Waals surface area contributed by atoms with Crippen LogP contribution in [0.1, 0.15) is 109 Å². The first kappa shape index (κ1) is 39.8. The molecule has 2 unspecified atom stereocenters. The maximum Gasteiger partial charge on any atom is 0.344 e. The molecule has 2 aromatic rings. The minimum atomic E-state index is -1.62. The summed E-state index contributed by atoms with van der Waals surface area (Å²) in [5, 5.41) is 11.3. The van der Waals surface area contributed by atoms with E-state index < -0.39 is 17.2 Å². The highest BCUT2D eigenvalue weighted by molar-refractivity contribution is 5.87. The number of methoxy groups -OCH3 is 1. The van der Waals surface area contributed by atoms with Crippen LogP contribution in [-0.4, -0.2) is 43.8 Å². The maximum absolute atomic E-state index is 12.8. The van der Waals surface area contributed by atoms with Gasteiger partial charge >= 0.3 is 5.97 Å². The van der Waals surface area contributed by atoms with Gasteiger partial charge in [0, 0.05) is 19.4 Å². The summed E-state index contributed by atoms with van der Waals surface area (Å²) in [6.45, 7) is 8.15. The summed E-state index contributed by atoms with van der Waals surface area (Å²) in [5.41, 5.74) is -0.753. The Hall–Kier alpha value is -3.42. The van der Waals surface area contributed by atoms with E-state index in [-0.39, 0.29) is 24.9 Å². The summed E-state index contributed by atoms with van der Waals surface area (Å²) in [4.78, 5) is 25.1. The van der Waals surface area contributed by atoms with Gasteiger partial charge in [0.2, 0.25) is 0 Å². The minimum Gasteiger partial charge on any atom is -0.450 e. The molecule has 0 aliphatic heterocycles. The first-order valence-corrected chi connectivity index (χ1v) is 17.5. The van der Waals surface area contributed by atoms with Crippen molar-refractivity contribution < 1.29 is 28.9 Å². The van der Waals surface area contributed by atoms with E-state index in [2.05, 4.69) is 23.7 Å². The molecular formula is C41H56O6. The molecule has 47 heavy (non-hydrogen) atoms. The highest BCUT2D eigenvalue weighted by Crippen LogP contribution is 2.43. The number of ether oxygens (including phenoxy) is 3. The zero-order valence-electron chi connectivity index (χ0n) is 29.3. The topological polar surface area (TPSA) is 82.1 Å². The molecule has 256 valence electrons. The van der Waals surface area contributed by atoms with Gasteiger partial charge in [-0.25, -0.2) is 4.79 Å². The van der Waals surface area contributed by atoms with Gasteiger partial charge in [-0.1, -0.05) is 138 Å². The molecule has 2 aromatic carbocycles. The first-order valence-electron chi connectivity index (χ1n) is 17.5. The van der Waals surface area contributed by atoms with E-state index in [1.807, 2.05) is 69.3 Å². The van der Waals surface area contributed by atoms with Crippen molar-refractivity contribution in [2.75, 3.05) is 26.9 Å². The van der Waals surface area contributed by atoms with Crippen molar-refractivity contribution in [2.45, 2.75) is 110 Å². The highest BCUT2D eigenvalue weighted by Gasteiger charge is 2.47. The van der Waals surface area contributed by atoms with Crippen molar-refractivity contribution in [2.24, 2.45) is 11.8 Å². The largest absolute Gasteiger partial charge is 0.450 e. The molecule has 6 nitrogen and oxygen atoms in total. The predicted octanol–water partition coefficient (Wildman–Crippen LogP) is 8.15. The SMILES string of the molecule is CC.CCC#CCOCC#CCOC(=O)C(O)(c1ccccc1)C1CCCCC1.COC(C(C)=O)(c1ccccc1)C1CCCCC1. The monoisotopic (exact) mass is 644 g/mol. The summed E-state index contributed by atoms with van der Waals surface area (Å²) in [5.74, 6) is 11.0. The molecule has 0 amide bonds. The summed E-state index contributed by atoms with van der Waals surface area (Å²) in [7, 11) is 1.67. The second-order valence-electron chi connectivity index (χ2n) is 11.8. The van der Waals surface area contributed by atoms with Crippen LogP contribution in [0.15, 0.2) is 60.7 Å². The van der Waals surface area contributed by atoms with E-state index in [0.29, 0.717) is 18.1 Å². The van der Waals surface area contributed by atoms with E-state index in [1.54, 1.807) is 26.2 Å². The Morgan fingerprint density at radius 2 is 1.19 bits per heavy atom. The smallest absolute Gasteiger partial charge is 0.344 e. The van der Waals surface area contributed by atoms with Gasteiger partial charge in [0.05, 0.1) is 0 Å².